The molecule has 1 aliphatic rings. The highest BCUT2D eigenvalue weighted by atomic mass is 35.5. The molecule has 4 rings (SSSR count). The van der Waals surface area contributed by atoms with Crippen LogP contribution in [0.1, 0.15) is 18.1 Å². The number of fused-ring (bicyclic) bond motifs is 1. The van der Waals surface area contributed by atoms with Crippen molar-refractivity contribution in [2.24, 2.45) is 0 Å². The average Bonchev–Trinajstić information content (AvgIpc) is 3.01. The van der Waals surface area contributed by atoms with E-state index in [1.165, 1.54) is 19.1 Å². The zero-order valence-electron chi connectivity index (χ0n) is 15.5. The first kappa shape index (κ1) is 20.1. The maximum Gasteiger partial charge on any atom is 0.308 e. The van der Waals surface area contributed by atoms with Gasteiger partial charge in [0.25, 0.3) is 5.79 Å². The van der Waals surface area contributed by atoms with Gasteiger partial charge in [-0.1, -0.05) is 23.7 Å². The van der Waals surface area contributed by atoms with E-state index in [9.17, 15) is 18.0 Å². The first-order valence-electron chi connectivity index (χ1n) is 8.84. The summed E-state index contributed by atoms with van der Waals surface area (Å²) in [5.41, 5.74) is -0.00188. The van der Waals surface area contributed by atoms with Gasteiger partial charge < -0.3 is 14.6 Å². The van der Waals surface area contributed by atoms with Gasteiger partial charge in [0.15, 0.2) is 11.5 Å². The zero-order valence-corrected chi connectivity index (χ0v) is 16.3. The van der Waals surface area contributed by atoms with Crippen LogP contribution in [0.2, 0.25) is 5.02 Å². The first-order valence-corrected chi connectivity index (χ1v) is 9.22. The van der Waals surface area contributed by atoms with Gasteiger partial charge in [-0.05, 0) is 42.0 Å². The summed E-state index contributed by atoms with van der Waals surface area (Å²) in [5, 5.41) is 9.04. The summed E-state index contributed by atoms with van der Waals surface area (Å²) in [6.45, 7) is 1.51. The molecule has 1 heterocycles. The average molecular weight is 435 g/mol. The summed E-state index contributed by atoms with van der Waals surface area (Å²) >= 11 is 5.81. The summed E-state index contributed by atoms with van der Waals surface area (Å²) in [6.07, 6.45) is -0.779. The van der Waals surface area contributed by atoms with Gasteiger partial charge in [0.1, 0.15) is 17.5 Å². The van der Waals surface area contributed by atoms with Crippen molar-refractivity contribution < 1.29 is 32.5 Å². The molecule has 3 aromatic carbocycles. The number of halogens is 4. The molecule has 0 saturated heterocycles. The second-order valence-electron chi connectivity index (χ2n) is 6.90. The van der Waals surface area contributed by atoms with E-state index in [1.807, 2.05) is 0 Å². The Morgan fingerprint density at radius 1 is 1.03 bits per heavy atom. The smallest absolute Gasteiger partial charge is 0.308 e. The summed E-state index contributed by atoms with van der Waals surface area (Å²) in [6, 6.07) is 10.9. The van der Waals surface area contributed by atoms with E-state index >= 15 is 0 Å². The number of rotatable bonds is 4. The largest absolute Gasteiger partial charge is 0.481 e. The minimum atomic E-state index is -1.52. The second-order valence-corrected chi connectivity index (χ2v) is 7.33. The molecular weight excluding hydrogens is 421 g/mol. The maximum absolute atomic E-state index is 14.5. The van der Waals surface area contributed by atoms with Crippen molar-refractivity contribution in [1.29, 1.82) is 0 Å². The lowest BCUT2D eigenvalue weighted by atomic mass is 10.0. The summed E-state index contributed by atoms with van der Waals surface area (Å²) < 4.78 is 55.0. The van der Waals surface area contributed by atoms with Gasteiger partial charge in [0, 0.05) is 23.1 Å². The highest BCUT2D eigenvalue weighted by molar-refractivity contribution is 6.30. The molecule has 1 aliphatic heterocycles. The van der Waals surface area contributed by atoms with Crippen LogP contribution in [0.15, 0.2) is 48.5 Å². The lowest BCUT2D eigenvalue weighted by molar-refractivity contribution is -0.136. The van der Waals surface area contributed by atoms with Crippen molar-refractivity contribution in [1.82, 2.24) is 0 Å². The van der Waals surface area contributed by atoms with Crippen molar-refractivity contribution in [3.63, 3.8) is 0 Å². The van der Waals surface area contributed by atoms with Gasteiger partial charge in [-0.2, -0.15) is 0 Å². The minimum absolute atomic E-state index is 0.100. The van der Waals surface area contributed by atoms with Crippen LogP contribution in [0.5, 0.6) is 11.5 Å². The second kappa shape index (κ2) is 7.25. The number of aliphatic carboxylic acids is 1. The van der Waals surface area contributed by atoms with E-state index in [0.717, 1.165) is 18.2 Å². The highest BCUT2D eigenvalue weighted by Crippen LogP contribution is 2.49. The van der Waals surface area contributed by atoms with Gasteiger partial charge in [-0.3, -0.25) is 4.79 Å². The molecule has 0 aromatic heterocycles. The van der Waals surface area contributed by atoms with Crippen LogP contribution in [0.3, 0.4) is 0 Å². The standard InChI is InChI=1S/C22H14ClF3O4/c1-22(15-6-5-12(23)9-18(15)26)29-19-4-2-3-13(21(19)30-22)11-7-16(24)14(10-20(27)28)17(25)8-11/h2-9H,10H2,1H3,(H,27,28). The topological polar surface area (TPSA) is 55.8 Å². The first-order chi connectivity index (χ1) is 14.2. The van der Waals surface area contributed by atoms with Crippen molar-refractivity contribution in [3.8, 4) is 22.6 Å². The lowest BCUT2D eigenvalue weighted by Crippen LogP contribution is -2.32. The summed E-state index contributed by atoms with van der Waals surface area (Å²) in [5.74, 6) is -5.04. The molecule has 1 unspecified atom stereocenters. The van der Waals surface area contributed by atoms with Crippen LogP contribution in [-0.4, -0.2) is 11.1 Å². The van der Waals surface area contributed by atoms with Crippen molar-refractivity contribution in [3.05, 3.63) is 82.1 Å². The van der Waals surface area contributed by atoms with Crippen LogP contribution in [-0.2, 0) is 17.0 Å². The molecule has 0 amide bonds. The molecule has 3 aromatic rings. The maximum atomic E-state index is 14.5. The molecule has 0 radical (unpaired) electrons. The molecule has 4 nitrogen and oxygen atoms in total. The number of hydrogen-bond donors (Lipinski definition) is 1. The van der Waals surface area contributed by atoms with Gasteiger partial charge in [0.2, 0.25) is 0 Å². The molecule has 30 heavy (non-hydrogen) atoms. The Morgan fingerprint density at radius 2 is 1.73 bits per heavy atom. The molecule has 154 valence electrons. The highest BCUT2D eigenvalue weighted by Gasteiger charge is 2.42. The Bertz CT molecular complexity index is 1160. The minimum Gasteiger partial charge on any atom is -0.481 e. The Morgan fingerprint density at radius 3 is 2.37 bits per heavy atom. The molecule has 0 saturated carbocycles. The summed E-state index contributed by atoms with van der Waals surface area (Å²) in [7, 11) is 0. The predicted molar refractivity (Wildman–Crippen MR) is 103 cm³/mol. The monoisotopic (exact) mass is 434 g/mol. The predicted octanol–water partition coefficient (Wildman–Crippen LogP) is 5.70. The number of carbonyl (C=O) groups is 1. The van der Waals surface area contributed by atoms with E-state index in [2.05, 4.69) is 0 Å². The Balaban J connectivity index is 1.76. The summed E-state index contributed by atoms with van der Waals surface area (Å²) in [4.78, 5) is 10.8. The van der Waals surface area contributed by atoms with Crippen molar-refractivity contribution in [2.45, 2.75) is 19.1 Å². The zero-order chi connectivity index (χ0) is 21.6. The van der Waals surface area contributed by atoms with Crippen molar-refractivity contribution in [2.75, 3.05) is 0 Å². The molecule has 8 heteroatoms. The number of ether oxygens (including phenoxy) is 2. The van der Waals surface area contributed by atoms with Gasteiger partial charge >= 0.3 is 5.97 Å². The molecule has 0 aliphatic carbocycles. The Labute approximate surface area is 174 Å². The number of hydrogen-bond acceptors (Lipinski definition) is 3. The number of carboxylic acid groups (broad SMARTS) is 1. The third-order valence-electron chi connectivity index (χ3n) is 4.78. The van der Waals surface area contributed by atoms with Crippen LogP contribution >= 0.6 is 11.6 Å². The third-order valence-corrected chi connectivity index (χ3v) is 5.02. The van der Waals surface area contributed by atoms with Gasteiger partial charge in [-0.25, -0.2) is 13.2 Å². The number of benzene rings is 3. The molecule has 0 spiro atoms. The normalized spacial score (nSPS) is 17.2. The lowest BCUT2D eigenvalue weighted by Gasteiger charge is -2.24. The molecular formula is C22H14ClF3O4. The molecule has 1 N–H and O–H groups in total. The van der Waals surface area contributed by atoms with E-state index in [0.29, 0.717) is 5.56 Å². The SMILES string of the molecule is CC1(c2ccc(Cl)cc2F)Oc2cccc(-c3cc(F)c(CC(=O)O)c(F)c3)c2O1. The quantitative estimate of drug-likeness (QED) is 0.572. The van der Waals surface area contributed by atoms with Crippen LogP contribution in [0.4, 0.5) is 13.2 Å². The third kappa shape index (κ3) is 3.45. The van der Waals surface area contributed by atoms with E-state index < -0.39 is 41.2 Å². The number of carboxylic acids is 1. The van der Waals surface area contributed by atoms with Crippen LogP contribution in [0, 0.1) is 17.5 Å². The van der Waals surface area contributed by atoms with Crippen molar-refractivity contribution >= 4 is 17.6 Å². The van der Waals surface area contributed by atoms with Gasteiger partial charge in [0.05, 0.1) is 12.0 Å². The van der Waals surface area contributed by atoms with E-state index in [-0.39, 0.29) is 27.6 Å². The van der Waals surface area contributed by atoms with E-state index in [4.69, 9.17) is 26.2 Å². The fourth-order valence-electron chi connectivity index (χ4n) is 3.40. The van der Waals surface area contributed by atoms with Crippen LogP contribution in [0.25, 0.3) is 11.1 Å². The number of para-hydroxylation sites is 1. The molecule has 1 atom stereocenters. The van der Waals surface area contributed by atoms with Gasteiger partial charge in [-0.15, -0.1) is 0 Å². The Kier molecular flexibility index (Phi) is 4.86. The van der Waals surface area contributed by atoms with Crippen LogP contribution < -0.4 is 9.47 Å². The fourth-order valence-corrected chi connectivity index (χ4v) is 3.56. The van der Waals surface area contributed by atoms with E-state index in [1.54, 1.807) is 18.2 Å². The molecule has 0 fully saturated rings. The Hall–Kier alpha value is -3.19. The molecule has 0 bridgehead atoms. The fraction of sp³-hybridized carbons (Fsp3) is 0.136.